The summed E-state index contributed by atoms with van der Waals surface area (Å²) in [5.41, 5.74) is 0.740. The Morgan fingerprint density at radius 3 is 2.13 bits per heavy atom. The molecule has 0 saturated heterocycles. The zero-order chi connectivity index (χ0) is 22.4. The molecule has 0 aliphatic carbocycles. The van der Waals surface area contributed by atoms with E-state index < -0.39 is 15.8 Å². The van der Waals surface area contributed by atoms with Crippen molar-refractivity contribution in [2.75, 3.05) is 10.0 Å². The summed E-state index contributed by atoms with van der Waals surface area (Å²) >= 11 is 7.33. The summed E-state index contributed by atoms with van der Waals surface area (Å²) in [4.78, 5) is 13.6. The Labute approximate surface area is 190 Å². The van der Waals surface area contributed by atoms with Crippen molar-refractivity contribution in [2.45, 2.75) is 28.4 Å². The third kappa shape index (κ3) is 6.46. The number of hydrogen-bond acceptors (Lipinski definition) is 4. The molecule has 162 valence electrons. The fourth-order valence-corrected chi connectivity index (χ4v) is 4.81. The van der Waals surface area contributed by atoms with Crippen molar-refractivity contribution in [3.05, 3.63) is 83.6 Å². The van der Waals surface area contributed by atoms with Crippen LogP contribution in [0.2, 0.25) is 5.02 Å². The smallest absolute Gasteiger partial charge is 0.261 e. The maximum atomic E-state index is 13.0. The minimum Gasteiger partial charge on any atom is -0.325 e. The number of rotatable bonds is 8. The molecular formula is C22H20ClFN2O3S2. The lowest BCUT2D eigenvalue weighted by molar-refractivity contribution is -0.115. The van der Waals surface area contributed by atoms with Crippen LogP contribution in [-0.4, -0.2) is 19.6 Å². The van der Waals surface area contributed by atoms with E-state index in [2.05, 4.69) is 10.0 Å². The molecule has 1 unspecified atom stereocenters. The van der Waals surface area contributed by atoms with Crippen LogP contribution in [0.15, 0.2) is 82.6 Å². The molecule has 9 heteroatoms. The lowest BCUT2D eigenvalue weighted by Gasteiger charge is -2.15. The first kappa shape index (κ1) is 23.1. The number of halogens is 2. The fraction of sp³-hybridized carbons (Fsp3) is 0.136. The second-order valence-corrected chi connectivity index (χ2v) is 9.99. The number of benzene rings is 3. The lowest BCUT2D eigenvalue weighted by atomic mass is 10.3. The van der Waals surface area contributed by atoms with Gasteiger partial charge in [-0.25, -0.2) is 12.8 Å². The maximum Gasteiger partial charge on any atom is 0.261 e. The van der Waals surface area contributed by atoms with Crippen molar-refractivity contribution in [1.82, 2.24) is 0 Å². The minimum atomic E-state index is -3.84. The minimum absolute atomic E-state index is 0.0254. The van der Waals surface area contributed by atoms with Gasteiger partial charge in [0, 0.05) is 21.3 Å². The molecule has 0 aromatic heterocycles. The average molecular weight is 479 g/mol. The molecule has 0 aliphatic heterocycles. The highest BCUT2D eigenvalue weighted by Gasteiger charge is 2.19. The van der Waals surface area contributed by atoms with Gasteiger partial charge in [0.15, 0.2) is 0 Å². The Morgan fingerprint density at radius 2 is 1.55 bits per heavy atom. The lowest BCUT2D eigenvalue weighted by Crippen LogP contribution is -2.24. The van der Waals surface area contributed by atoms with Crippen LogP contribution in [0.1, 0.15) is 13.3 Å². The predicted molar refractivity (Wildman–Crippen MR) is 124 cm³/mol. The maximum absolute atomic E-state index is 13.0. The Balaban J connectivity index is 1.65. The van der Waals surface area contributed by atoms with Crippen molar-refractivity contribution in [2.24, 2.45) is 0 Å². The third-order valence-corrected chi connectivity index (χ3v) is 7.31. The predicted octanol–water partition coefficient (Wildman–Crippen LogP) is 5.79. The molecule has 0 spiro atoms. The molecule has 0 aliphatic rings. The number of thioether (sulfide) groups is 1. The van der Waals surface area contributed by atoms with Crippen molar-refractivity contribution in [3.8, 4) is 0 Å². The first-order chi connectivity index (χ1) is 14.8. The molecule has 31 heavy (non-hydrogen) atoms. The number of anilines is 2. The van der Waals surface area contributed by atoms with Gasteiger partial charge in [0.05, 0.1) is 10.1 Å². The summed E-state index contributed by atoms with van der Waals surface area (Å²) in [7, 11) is -3.84. The van der Waals surface area contributed by atoms with Gasteiger partial charge in [0.2, 0.25) is 5.91 Å². The van der Waals surface area contributed by atoms with Crippen LogP contribution in [0.25, 0.3) is 0 Å². The van der Waals surface area contributed by atoms with Crippen LogP contribution in [0.4, 0.5) is 15.8 Å². The van der Waals surface area contributed by atoms with E-state index in [1.54, 1.807) is 12.1 Å². The van der Waals surface area contributed by atoms with Crippen molar-refractivity contribution in [1.29, 1.82) is 0 Å². The molecule has 0 bridgehead atoms. The molecule has 0 fully saturated rings. The van der Waals surface area contributed by atoms with E-state index in [9.17, 15) is 17.6 Å². The Kier molecular flexibility index (Phi) is 7.59. The van der Waals surface area contributed by atoms with Crippen LogP contribution < -0.4 is 10.0 Å². The van der Waals surface area contributed by atoms with Crippen molar-refractivity contribution >= 4 is 50.7 Å². The summed E-state index contributed by atoms with van der Waals surface area (Å²) in [6.07, 6.45) is 0.618. The van der Waals surface area contributed by atoms with E-state index in [4.69, 9.17) is 11.6 Å². The van der Waals surface area contributed by atoms with Gasteiger partial charge in [-0.15, -0.1) is 11.8 Å². The van der Waals surface area contributed by atoms with Gasteiger partial charge in [-0.1, -0.05) is 18.5 Å². The topological polar surface area (TPSA) is 75.3 Å². The van der Waals surface area contributed by atoms with Crippen LogP contribution in [0.3, 0.4) is 0 Å². The number of carbonyl (C=O) groups excluding carboxylic acids is 1. The highest BCUT2D eigenvalue weighted by atomic mass is 35.5. The van der Waals surface area contributed by atoms with E-state index in [1.165, 1.54) is 60.3 Å². The van der Waals surface area contributed by atoms with Crippen molar-refractivity contribution in [3.63, 3.8) is 0 Å². The SMILES string of the molecule is CCC(Sc1ccc(Cl)cc1)C(=O)Nc1ccc(S(=O)(=O)Nc2ccc(F)cc2)cc1. The molecule has 0 saturated carbocycles. The van der Waals surface area contributed by atoms with Gasteiger partial charge in [0.1, 0.15) is 5.82 Å². The molecule has 2 N–H and O–H groups in total. The first-order valence-corrected chi connectivity index (χ1v) is 12.1. The van der Waals surface area contributed by atoms with Crippen LogP contribution in [-0.2, 0) is 14.8 Å². The average Bonchev–Trinajstić information content (AvgIpc) is 2.75. The fourth-order valence-electron chi connectivity index (χ4n) is 2.67. The summed E-state index contributed by atoms with van der Waals surface area (Å²) in [5.74, 6) is -0.634. The summed E-state index contributed by atoms with van der Waals surface area (Å²) in [5, 5.41) is 3.13. The van der Waals surface area contributed by atoms with E-state index >= 15 is 0 Å². The molecule has 0 radical (unpaired) electrons. The van der Waals surface area contributed by atoms with Crippen LogP contribution >= 0.6 is 23.4 Å². The first-order valence-electron chi connectivity index (χ1n) is 9.38. The van der Waals surface area contributed by atoms with Gasteiger partial charge < -0.3 is 5.32 Å². The molecule has 3 rings (SSSR count). The number of hydrogen-bond donors (Lipinski definition) is 2. The molecular weight excluding hydrogens is 459 g/mol. The highest BCUT2D eigenvalue weighted by molar-refractivity contribution is 8.00. The largest absolute Gasteiger partial charge is 0.325 e. The van der Waals surface area contributed by atoms with E-state index in [-0.39, 0.29) is 21.7 Å². The van der Waals surface area contributed by atoms with E-state index in [0.29, 0.717) is 17.1 Å². The number of nitrogens with one attached hydrogen (secondary N) is 2. The number of carbonyl (C=O) groups is 1. The quantitative estimate of drug-likeness (QED) is 0.402. The van der Waals surface area contributed by atoms with E-state index in [1.807, 2.05) is 19.1 Å². The van der Waals surface area contributed by atoms with Crippen molar-refractivity contribution < 1.29 is 17.6 Å². The van der Waals surface area contributed by atoms with Gasteiger partial charge in [-0.05, 0) is 79.2 Å². The summed E-state index contributed by atoms with van der Waals surface area (Å²) in [6.45, 7) is 1.92. The number of sulfonamides is 1. The summed E-state index contributed by atoms with van der Waals surface area (Å²) < 4.78 is 40.4. The zero-order valence-electron chi connectivity index (χ0n) is 16.5. The summed E-state index contributed by atoms with van der Waals surface area (Å²) in [6, 6.07) is 18.1. The zero-order valence-corrected chi connectivity index (χ0v) is 18.9. The monoisotopic (exact) mass is 478 g/mol. The second kappa shape index (κ2) is 10.2. The molecule has 3 aromatic rings. The Morgan fingerprint density at radius 1 is 0.968 bits per heavy atom. The molecule has 3 aromatic carbocycles. The molecule has 1 amide bonds. The third-order valence-electron chi connectivity index (χ3n) is 4.28. The standard InChI is InChI=1S/C22H20ClFN2O3S2/c1-2-21(30-19-11-3-15(23)4-12-19)22(27)25-17-9-13-20(14-10-17)31(28,29)26-18-7-5-16(24)6-8-18/h3-14,21,26H,2H2,1H3,(H,25,27). The molecule has 1 atom stereocenters. The van der Waals surface area contributed by atoms with Gasteiger partial charge in [0.25, 0.3) is 10.0 Å². The normalized spacial score (nSPS) is 12.2. The van der Waals surface area contributed by atoms with Gasteiger partial charge in [-0.2, -0.15) is 0 Å². The second-order valence-electron chi connectivity index (χ2n) is 6.59. The molecule has 5 nitrogen and oxygen atoms in total. The van der Waals surface area contributed by atoms with Crippen LogP contribution in [0, 0.1) is 5.82 Å². The highest BCUT2D eigenvalue weighted by Crippen LogP contribution is 2.28. The molecule has 0 heterocycles. The van der Waals surface area contributed by atoms with E-state index in [0.717, 1.165) is 4.90 Å². The van der Waals surface area contributed by atoms with Gasteiger partial charge in [-0.3, -0.25) is 9.52 Å². The van der Waals surface area contributed by atoms with Gasteiger partial charge >= 0.3 is 0 Å². The Hall–Kier alpha value is -2.55. The Bertz CT molecular complexity index is 1140. The number of amides is 1. The van der Waals surface area contributed by atoms with Crippen LogP contribution in [0.5, 0.6) is 0 Å².